The Labute approximate surface area is 109 Å². The predicted octanol–water partition coefficient (Wildman–Crippen LogP) is 3.80. The van der Waals surface area contributed by atoms with E-state index in [0.717, 1.165) is 16.4 Å². The normalized spacial score (nSPS) is 13.1. The first-order valence-electron chi connectivity index (χ1n) is 5.62. The lowest BCUT2D eigenvalue weighted by Crippen LogP contribution is -2.34. The fraction of sp³-hybridized carbons (Fsp3) is 0.286. The lowest BCUT2D eigenvalue weighted by atomic mass is 10.1. The second-order valence-corrected chi connectivity index (χ2v) is 4.30. The molecule has 92 valence electrons. The first-order chi connectivity index (χ1) is 8.10. The summed E-state index contributed by atoms with van der Waals surface area (Å²) in [4.78, 5) is 2.16. The second kappa shape index (κ2) is 6.36. The van der Waals surface area contributed by atoms with Crippen molar-refractivity contribution in [2.75, 3.05) is 11.9 Å². The number of anilines is 1. The summed E-state index contributed by atoms with van der Waals surface area (Å²) in [5, 5.41) is 3.90. The Hall–Kier alpha value is -1.41. The van der Waals surface area contributed by atoms with Crippen molar-refractivity contribution >= 4 is 17.3 Å². The van der Waals surface area contributed by atoms with Gasteiger partial charge in [-0.15, -0.1) is 0 Å². The molecule has 0 heterocycles. The van der Waals surface area contributed by atoms with E-state index >= 15 is 0 Å². The van der Waals surface area contributed by atoms with Gasteiger partial charge in [0.15, 0.2) is 0 Å². The zero-order valence-electron chi connectivity index (χ0n) is 10.6. The van der Waals surface area contributed by atoms with Crippen LogP contribution in [0.25, 0.3) is 0 Å². The van der Waals surface area contributed by atoms with Gasteiger partial charge in [-0.3, -0.25) is 0 Å². The smallest absolute Gasteiger partial charge is 0.0656 e. The van der Waals surface area contributed by atoms with Crippen LogP contribution in [0, 0.1) is 0 Å². The van der Waals surface area contributed by atoms with Crippen LogP contribution in [0.4, 0.5) is 5.69 Å². The average molecular weight is 251 g/mol. The summed E-state index contributed by atoms with van der Waals surface area (Å²) in [5.74, 6) is 0. The standard InChI is InChI=1S/C14H19ClN2/c1-5-14(16-6-2)11(3)17(4)13-9-7-8-12(15)10-13/h5-11,16H,2H2,1,3-4H3/b14-5-. The van der Waals surface area contributed by atoms with Gasteiger partial charge in [0.25, 0.3) is 0 Å². The third-order valence-corrected chi connectivity index (χ3v) is 3.06. The summed E-state index contributed by atoms with van der Waals surface area (Å²) in [6.45, 7) is 7.83. The van der Waals surface area contributed by atoms with E-state index < -0.39 is 0 Å². The quantitative estimate of drug-likeness (QED) is 0.855. The first kappa shape index (κ1) is 13.7. The maximum absolute atomic E-state index is 6.00. The minimum atomic E-state index is 0.233. The van der Waals surface area contributed by atoms with Crippen molar-refractivity contribution in [2.45, 2.75) is 19.9 Å². The molecule has 1 aromatic rings. The first-order valence-corrected chi connectivity index (χ1v) is 6.00. The third kappa shape index (κ3) is 3.53. The second-order valence-electron chi connectivity index (χ2n) is 3.86. The van der Waals surface area contributed by atoms with Crippen LogP contribution in [-0.4, -0.2) is 13.1 Å². The molecule has 0 saturated carbocycles. The fourth-order valence-corrected chi connectivity index (χ4v) is 1.88. The van der Waals surface area contributed by atoms with Gasteiger partial charge in [0.05, 0.1) is 6.04 Å². The van der Waals surface area contributed by atoms with Crippen molar-refractivity contribution in [2.24, 2.45) is 0 Å². The van der Waals surface area contributed by atoms with Gasteiger partial charge in [-0.25, -0.2) is 0 Å². The summed E-state index contributed by atoms with van der Waals surface area (Å²) in [7, 11) is 2.05. The zero-order chi connectivity index (χ0) is 12.8. The van der Waals surface area contributed by atoms with Crippen molar-refractivity contribution in [3.63, 3.8) is 0 Å². The van der Waals surface area contributed by atoms with Gasteiger partial charge in [-0.05, 0) is 38.2 Å². The van der Waals surface area contributed by atoms with E-state index in [9.17, 15) is 0 Å². The van der Waals surface area contributed by atoms with Crippen LogP contribution in [-0.2, 0) is 0 Å². The number of hydrogen-bond donors (Lipinski definition) is 1. The van der Waals surface area contributed by atoms with Crippen LogP contribution < -0.4 is 10.2 Å². The van der Waals surface area contributed by atoms with E-state index in [-0.39, 0.29) is 6.04 Å². The third-order valence-electron chi connectivity index (χ3n) is 2.83. The van der Waals surface area contributed by atoms with Gasteiger partial charge in [0.2, 0.25) is 0 Å². The van der Waals surface area contributed by atoms with Gasteiger partial charge >= 0.3 is 0 Å². The highest BCUT2D eigenvalue weighted by molar-refractivity contribution is 6.30. The summed E-state index contributed by atoms with van der Waals surface area (Å²) < 4.78 is 0. The molecule has 0 aliphatic heterocycles. The molecule has 0 fully saturated rings. The highest BCUT2D eigenvalue weighted by Crippen LogP contribution is 2.21. The van der Waals surface area contributed by atoms with Crippen LogP contribution in [0.3, 0.4) is 0 Å². The number of likely N-dealkylation sites (N-methyl/N-ethyl adjacent to an activating group) is 1. The van der Waals surface area contributed by atoms with Crippen LogP contribution in [0.15, 0.2) is 48.8 Å². The molecule has 1 unspecified atom stereocenters. The summed E-state index contributed by atoms with van der Waals surface area (Å²) in [6.07, 6.45) is 3.74. The predicted molar refractivity (Wildman–Crippen MR) is 76.4 cm³/mol. The molecular formula is C14H19ClN2. The number of nitrogens with zero attached hydrogens (tertiary/aromatic N) is 1. The van der Waals surface area contributed by atoms with Crippen LogP contribution in [0.1, 0.15) is 13.8 Å². The number of allylic oxidation sites excluding steroid dienone is 1. The lowest BCUT2D eigenvalue weighted by Gasteiger charge is -2.29. The highest BCUT2D eigenvalue weighted by Gasteiger charge is 2.13. The molecule has 0 amide bonds. The van der Waals surface area contributed by atoms with Crippen molar-refractivity contribution < 1.29 is 0 Å². The Morgan fingerprint density at radius 3 is 2.76 bits per heavy atom. The lowest BCUT2D eigenvalue weighted by molar-refractivity contribution is 0.733. The summed E-state index contributed by atoms with van der Waals surface area (Å²) in [5.41, 5.74) is 2.21. The van der Waals surface area contributed by atoms with E-state index in [4.69, 9.17) is 11.6 Å². The number of benzene rings is 1. The van der Waals surface area contributed by atoms with E-state index in [1.165, 1.54) is 0 Å². The monoisotopic (exact) mass is 250 g/mol. The molecule has 0 radical (unpaired) electrons. The SMILES string of the molecule is C=CN/C(=C\C)C(C)N(C)c1cccc(Cl)c1. The van der Waals surface area contributed by atoms with Gasteiger partial charge in [-0.2, -0.15) is 0 Å². The number of nitrogens with one attached hydrogen (secondary N) is 1. The van der Waals surface area contributed by atoms with Gasteiger partial charge in [0.1, 0.15) is 0 Å². The van der Waals surface area contributed by atoms with Crippen molar-refractivity contribution in [1.82, 2.24) is 5.32 Å². The Balaban J connectivity index is 2.89. The number of rotatable bonds is 5. The molecule has 1 atom stereocenters. The van der Waals surface area contributed by atoms with E-state index in [1.807, 2.05) is 44.3 Å². The minimum absolute atomic E-state index is 0.233. The Bertz CT molecular complexity index is 412. The molecule has 1 N–H and O–H groups in total. The van der Waals surface area contributed by atoms with Gasteiger partial charge in [0, 0.05) is 23.5 Å². The van der Waals surface area contributed by atoms with Crippen LogP contribution in [0.2, 0.25) is 5.02 Å². The molecule has 0 bridgehead atoms. The topological polar surface area (TPSA) is 15.3 Å². The molecule has 17 heavy (non-hydrogen) atoms. The molecule has 1 rings (SSSR count). The minimum Gasteiger partial charge on any atom is -0.366 e. The highest BCUT2D eigenvalue weighted by atomic mass is 35.5. The average Bonchev–Trinajstić information content (AvgIpc) is 2.34. The number of halogens is 1. The molecule has 0 aliphatic carbocycles. The largest absolute Gasteiger partial charge is 0.366 e. The van der Waals surface area contributed by atoms with Crippen molar-refractivity contribution in [1.29, 1.82) is 0 Å². The van der Waals surface area contributed by atoms with Gasteiger partial charge < -0.3 is 10.2 Å². The molecule has 0 spiro atoms. The molecule has 0 saturated heterocycles. The van der Waals surface area contributed by atoms with Crippen molar-refractivity contribution in [3.05, 3.63) is 53.8 Å². The molecule has 0 aliphatic rings. The maximum atomic E-state index is 6.00. The van der Waals surface area contributed by atoms with E-state index in [2.05, 4.69) is 23.7 Å². The summed E-state index contributed by atoms with van der Waals surface area (Å²) >= 11 is 6.00. The Kier molecular flexibility index (Phi) is 5.11. The number of hydrogen-bond acceptors (Lipinski definition) is 2. The maximum Gasteiger partial charge on any atom is 0.0656 e. The van der Waals surface area contributed by atoms with Crippen LogP contribution in [0.5, 0.6) is 0 Å². The zero-order valence-corrected chi connectivity index (χ0v) is 11.3. The van der Waals surface area contributed by atoms with E-state index in [0.29, 0.717) is 0 Å². The van der Waals surface area contributed by atoms with Gasteiger partial charge in [-0.1, -0.05) is 30.3 Å². The molecular weight excluding hydrogens is 232 g/mol. The molecule has 2 nitrogen and oxygen atoms in total. The molecule has 3 heteroatoms. The Morgan fingerprint density at radius 2 is 2.24 bits per heavy atom. The Morgan fingerprint density at radius 1 is 1.53 bits per heavy atom. The fourth-order valence-electron chi connectivity index (χ4n) is 1.69. The van der Waals surface area contributed by atoms with Crippen molar-refractivity contribution in [3.8, 4) is 0 Å². The summed E-state index contributed by atoms with van der Waals surface area (Å²) in [6, 6.07) is 8.07. The molecule has 0 aromatic heterocycles. The van der Waals surface area contributed by atoms with Crippen LogP contribution >= 0.6 is 11.6 Å². The molecule has 1 aromatic carbocycles. The van der Waals surface area contributed by atoms with E-state index in [1.54, 1.807) is 6.20 Å².